The van der Waals surface area contributed by atoms with Crippen molar-refractivity contribution in [3.63, 3.8) is 0 Å². The molecule has 1 aromatic heterocycles. The Morgan fingerprint density at radius 1 is 1.26 bits per heavy atom. The molecule has 4 nitrogen and oxygen atoms in total. The zero-order valence-corrected chi connectivity index (χ0v) is 11.1. The Labute approximate surface area is 113 Å². The van der Waals surface area contributed by atoms with Gasteiger partial charge >= 0.3 is 0 Å². The van der Waals surface area contributed by atoms with Gasteiger partial charge in [-0.05, 0) is 24.8 Å². The van der Waals surface area contributed by atoms with Crippen LogP contribution in [0, 0.1) is 0 Å². The lowest BCUT2D eigenvalue weighted by Crippen LogP contribution is -2.04. The van der Waals surface area contributed by atoms with E-state index in [-0.39, 0.29) is 5.78 Å². The van der Waals surface area contributed by atoms with Gasteiger partial charge in [0.2, 0.25) is 5.95 Å². The number of Topliss-reactive ketones (excluding diaryl/α,β-unsaturated/α-hetero) is 1. The summed E-state index contributed by atoms with van der Waals surface area (Å²) in [6.07, 6.45) is 4.87. The van der Waals surface area contributed by atoms with Gasteiger partial charge in [0.05, 0.1) is 6.20 Å². The van der Waals surface area contributed by atoms with E-state index in [1.807, 2.05) is 6.07 Å². The number of aromatic amines is 1. The fraction of sp³-hybridized carbons (Fsp3) is 0.333. The van der Waals surface area contributed by atoms with Crippen LogP contribution in [0.3, 0.4) is 0 Å². The van der Waals surface area contributed by atoms with Crippen molar-refractivity contribution in [3.8, 4) is 0 Å². The number of ketones is 1. The highest BCUT2D eigenvalue weighted by Crippen LogP contribution is 2.06. The van der Waals surface area contributed by atoms with Gasteiger partial charge in [-0.25, -0.2) is 4.98 Å². The van der Waals surface area contributed by atoms with Crippen LogP contribution in [0.25, 0.3) is 0 Å². The maximum absolute atomic E-state index is 11.1. The number of rotatable bonds is 7. The summed E-state index contributed by atoms with van der Waals surface area (Å²) in [6, 6.07) is 10.5. The molecule has 0 bridgehead atoms. The fourth-order valence-corrected chi connectivity index (χ4v) is 1.90. The Hall–Kier alpha value is -2.10. The quantitative estimate of drug-likeness (QED) is 0.592. The molecule has 0 saturated carbocycles. The third kappa shape index (κ3) is 4.25. The van der Waals surface area contributed by atoms with Crippen molar-refractivity contribution in [1.82, 2.24) is 9.97 Å². The molecule has 100 valence electrons. The van der Waals surface area contributed by atoms with Crippen LogP contribution in [0.1, 0.15) is 35.8 Å². The molecule has 0 atom stereocenters. The van der Waals surface area contributed by atoms with Crippen molar-refractivity contribution in [1.29, 1.82) is 0 Å². The van der Waals surface area contributed by atoms with E-state index in [1.54, 1.807) is 6.20 Å². The zero-order valence-electron chi connectivity index (χ0n) is 11.1. The third-order valence-electron chi connectivity index (χ3n) is 2.98. The Balaban J connectivity index is 1.65. The topological polar surface area (TPSA) is 57.8 Å². The van der Waals surface area contributed by atoms with Crippen LogP contribution in [0.4, 0.5) is 5.95 Å². The van der Waals surface area contributed by atoms with E-state index in [0.717, 1.165) is 25.8 Å². The van der Waals surface area contributed by atoms with Crippen LogP contribution in [0.15, 0.2) is 36.5 Å². The number of imidazole rings is 1. The summed E-state index contributed by atoms with van der Waals surface area (Å²) < 4.78 is 0. The van der Waals surface area contributed by atoms with Gasteiger partial charge in [0, 0.05) is 13.5 Å². The Kier molecular flexibility index (Phi) is 4.72. The first kappa shape index (κ1) is 13.3. The highest BCUT2D eigenvalue weighted by atomic mass is 16.1. The second-order valence-corrected chi connectivity index (χ2v) is 4.57. The molecule has 1 aromatic carbocycles. The van der Waals surface area contributed by atoms with Crippen LogP contribution in [-0.4, -0.2) is 22.3 Å². The molecule has 19 heavy (non-hydrogen) atoms. The van der Waals surface area contributed by atoms with E-state index < -0.39 is 0 Å². The summed E-state index contributed by atoms with van der Waals surface area (Å²) in [4.78, 5) is 18.1. The standard InChI is InChI=1S/C15H19N3O/c1-12(19)14-11-17-15(18-14)16-10-6-5-9-13-7-3-2-4-8-13/h2-4,7-8,11H,5-6,9-10H2,1H3,(H2,16,17,18). The molecule has 4 heteroatoms. The average molecular weight is 257 g/mol. The summed E-state index contributed by atoms with van der Waals surface area (Å²) in [7, 11) is 0. The van der Waals surface area contributed by atoms with Gasteiger partial charge in [0.15, 0.2) is 5.78 Å². The predicted octanol–water partition coefficient (Wildman–Crippen LogP) is 3.05. The van der Waals surface area contributed by atoms with Crippen LogP contribution in [0.5, 0.6) is 0 Å². The maximum Gasteiger partial charge on any atom is 0.200 e. The van der Waals surface area contributed by atoms with Gasteiger partial charge in [-0.1, -0.05) is 30.3 Å². The molecule has 0 radical (unpaired) electrons. The van der Waals surface area contributed by atoms with Gasteiger partial charge in [-0.2, -0.15) is 0 Å². The van der Waals surface area contributed by atoms with Crippen molar-refractivity contribution in [2.45, 2.75) is 26.2 Å². The molecule has 2 N–H and O–H groups in total. The normalized spacial score (nSPS) is 10.4. The molecule has 1 heterocycles. The summed E-state index contributed by atoms with van der Waals surface area (Å²) in [5.41, 5.74) is 1.92. The lowest BCUT2D eigenvalue weighted by atomic mass is 10.1. The molecular formula is C15H19N3O. The van der Waals surface area contributed by atoms with Crippen molar-refractivity contribution in [2.24, 2.45) is 0 Å². The number of benzene rings is 1. The number of nitrogens with zero attached hydrogens (tertiary/aromatic N) is 1. The number of aryl methyl sites for hydroxylation is 1. The van der Waals surface area contributed by atoms with Gasteiger partial charge in [-0.3, -0.25) is 4.79 Å². The first-order chi connectivity index (χ1) is 9.25. The summed E-state index contributed by atoms with van der Waals surface area (Å²) in [5.74, 6) is 0.675. The van der Waals surface area contributed by atoms with Crippen molar-refractivity contribution < 1.29 is 4.79 Å². The smallest absolute Gasteiger partial charge is 0.200 e. The predicted molar refractivity (Wildman–Crippen MR) is 76.5 cm³/mol. The number of anilines is 1. The Morgan fingerprint density at radius 3 is 2.74 bits per heavy atom. The molecule has 2 rings (SSSR count). The van der Waals surface area contributed by atoms with E-state index in [1.165, 1.54) is 12.5 Å². The second kappa shape index (κ2) is 6.73. The molecule has 0 unspecified atom stereocenters. The number of carbonyl (C=O) groups is 1. The van der Waals surface area contributed by atoms with Gasteiger partial charge in [0.25, 0.3) is 0 Å². The minimum Gasteiger partial charge on any atom is -0.356 e. The lowest BCUT2D eigenvalue weighted by Gasteiger charge is -2.03. The number of aromatic nitrogens is 2. The van der Waals surface area contributed by atoms with Gasteiger partial charge in [-0.15, -0.1) is 0 Å². The Bertz CT molecular complexity index is 519. The van der Waals surface area contributed by atoms with E-state index >= 15 is 0 Å². The first-order valence-electron chi connectivity index (χ1n) is 6.59. The molecule has 0 fully saturated rings. The SMILES string of the molecule is CC(=O)c1cnc(NCCCCc2ccccc2)[nH]1. The van der Waals surface area contributed by atoms with Crippen molar-refractivity contribution in [3.05, 3.63) is 47.8 Å². The fourth-order valence-electron chi connectivity index (χ4n) is 1.90. The number of unbranched alkanes of at least 4 members (excludes halogenated alkanes) is 1. The highest BCUT2D eigenvalue weighted by Gasteiger charge is 2.03. The first-order valence-corrected chi connectivity index (χ1v) is 6.59. The van der Waals surface area contributed by atoms with Crippen LogP contribution in [0.2, 0.25) is 0 Å². The zero-order chi connectivity index (χ0) is 13.5. The third-order valence-corrected chi connectivity index (χ3v) is 2.98. The summed E-state index contributed by atoms with van der Waals surface area (Å²) >= 11 is 0. The molecule has 0 aliphatic heterocycles. The second-order valence-electron chi connectivity index (χ2n) is 4.57. The van der Waals surface area contributed by atoms with Gasteiger partial charge < -0.3 is 10.3 Å². The monoisotopic (exact) mass is 257 g/mol. The highest BCUT2D eigenvalue weighted by molar-refractivity contribution is 5.92. The molecule has 0 spiro atoms. The van der Waals surface area contributed by atoms with Crippen molar-refractivity contribution >= 4 is 11.7 Å². The number of hydrogen-bond donors (Lipinski definition) is 2. The largest absolute Gasteiger partial charge is 0.356 e. The number of carbonyl (C=O) groups excluding carboxylic acids is 1. The van der Waals surface area contributed by atoms with Crippen LogP contribution in [-0.2, 0) is 6.42 Å². The number of H-pyrrole nitrogens is 1. The molecule has 0 saturated heterocycles. The van der Waals surface area contributed by atoms with Crippen LogP contribution < -0.4 is 5.32 Å². The lowest BCUT2D eigenvalue weighted by molar-refractivity contribution is 0.101. The van der Waals surface area contributed by atoms with E-state index in [4.69, 9.17) is 0 Å². The number of hydrogen-bond acceptors (Lipinski definition) is 3. The van der Waals surface area contributed by atoms with E-state index in [0.29, 0.717) is 11.6 Å². The van der Waals surface area contributed by atoms with Gasteiger partial charge in [0.1, 0.15) is 5.69 Å². The van der Waals surface area contributed by atoms with E-state index in [2.05, 4.69) is 39.6 Å². The number of nitrogens with one attached hydrogen (secondary N) is 2. The van der Waals surface area contributed by atoms with Crippen LogP contribution >= 0.6 is 0 Å². The minimum absolute atomic E-state index is 0.00428. The molecule has 0 amide bonds. The summed E-state index contributed by atoms with van der Waals surface area (Å²) in [5, 5.41) is 3.19. The molecule has 0 aliphatic carbocycles. The molecular weight excluding hydrogens is 238 g/mol. The molecule has 0 aliphatic rings. The van der Waals surface area contributed by atoms with Crippen molar-refractivity contribution in [2.75, 3.05) is 11.9 Å². The Morgan fingerprint density at radius 2 is 2.05 bits per heavy atom. The maximum atomic E-state index is 11.1. The molecule has 2 aromatic rings. The summed E-state index contributed by atoms with van der Waals surface area (Å²) in [6.45, 7) is 2.38. The van der Waals surface area contributed by atoms with E-state index in [9.17, 15) is 4.79 Å². The minimum atomic E-state index is 0.00428. The average Bonchev–Trinajstić information content (AvgIpc) is 2.89.